The number of aliphatic carboxylic acids is 2. The fraction of sp³-hybridized carbons (Fsp3) is 0.947. The van der Waals surface area contributed by atoms with E-state index in [1.165, 1.54) is 155 Å². The summed E-state index contributed by atoms with van der Waals surface area (Å²) in [5.74, 6) is -2.72. The molecule has 0 fully saturated rings. The van der Waals surface area contributed by atoms with E-state index < -0.39 is 23.1 Å². The maximum atomic E-state index is 10.6. The number of aliphatic hydroxyl groups is 2. The van der Waals surface area contributed by atoms with E-state index in [1.54, 1.807) is 0 Å². The zero-order valence-electron chi connectivity index (χ0n) is 30.4. The zero-order chi connectivity index (χ0) is 33.4. The van der Waals surface area contributed by atoms with Crippen LogP contribution < -0.4 is 10.2 Å². The molecule has 0 saturated carbocycles. The van der Waals surface area contributed by atoms with Crippen LogP contribution in [0.2, 0.25) is 0 Å². The summed E-state index contributed by atoms with van der Waals surface area (Å²) in [7, 11) is 0. The molecule has 0 bridgehead atoms. The molecule has 0 heterocycles. The molecule has 264 valence electrons. The van der Waals surface area contributed by atoms with Gasteiger partial charge in [0.1, 0.15) is 11.2 Å². The zero-order valence-corrected chi connectivity index (χ0v) is 32.7. The molecule has 0 rings (SSSR count). The van der Waals surface area contributed by atoms with E-state index in [9.17, 15) is 30.0 Å². The molecule has 0 amide bonds. The summed E-state index contributed by atoms with van der Waals surface area (Å²) in [4.78, 5) is 21.2. The molecule has 0 aliphatic heterocycles. The molecule has 0 aromatic heterocycles. The van der Waals surface area contributed by atoms with Crippen molar-refractivity contribution in [3.63, 3.8) is 0 Å². The first-order valence-corrected chi connectivity index (χ1v) is 18.9. The van der Waals surface area contributed by atoms with Gasteiger partial charge in [-0.15, -0.1) is 0 Å². The van der Waals surface area contributed by atoms with Gasteiger partial charge in [0.2, 0.25) is 0 Å². The van der Waals surface area contributed by atoms with Crippen LogP contribution in [0.25, 0.3) is 0 Å². The molecule has 0 spiro atoms. The predicted octanol–water partition coefficient (Wildman–Crippen LogP) is 8.34. The maximum absolute atomic E-state index is 10.6. The van der Waals surface area contributed by atoms with Gasteiger partial charge in [-0.3, -0.25) is 0 Å². The Balaban J connectivity index is -0.000000767. The van der Waals surface area contributed by atoms with Crippen LogP contribution in [-0.4, -0.2) is 71.1 Å². The second kappa shape index (κ2) is 35.4. The first kappa shape index (κ1) is 49.5. The normalized spacial score (nSPS) is 13.6. The Labute approximate surface area is 309 Å². The largest absolute Gasteiger partial charge is 2.00 e. The van der Waals surface area contributed by atoms with Crippen LogP contribution in [0.1, 0.15) is 220 Å². The van der Waals surface area contributed by atoms with Gasteiger partial charge in [-0.25, -0.2) is 0 Å². The summed E-state index contributed by atoms with van der Waals surface area (Å²) in [6, 6.07) is 0. The number of carboxylic acids is 2. The number of carbonyl (C=O) groups excluding carboxylic acids is 2. The number of unbranched alkanes of at least 4 members (excludes halogenated alkanes) is 26. The van der Waals surface area contributed by atoms with Crippen molar-refractivity contribution >= 4 is 49.7 Å². The number of hydrogen-bond acceptors (Lipinski definition) is 6. The van der Waals surface area contributed by atoms with E-state index in [0.29, 0.717) is 12.8 Å². The van der Waals surface area contributed by atoms with Crippen molar-refractivity contribution in [1.29, 1.82) is 0 Å². The second-order valence-corrected chi connectivity index (χ2v) is 13.8. The summed E-state index contributed by atoms with van der Waals surface area (Å²) in [5.41, 5.74) is -3.31. The quantitative estimate of drug-likeness (QED) is 0.0550. The van der Waals surface area contributed by atoms with E-state index in [1.807, 2.05) is 0 Å². The van der Waals surface area contributed by atoms with Crippen molar-refractivity contribution in [2.75, 3.05) is 0 Å². The van der Waals surface area contributed by atoms with Crippen molar-refractivity contribution in [2.24, 2.45) is 0 Å². The van der Waals surface area contributed by atoms with Crippen LogP contribution >= 0.6 is 0 Å². The summed E-state index contributed by atoms with van der Waals surface area (Å²) in [6.07, 6.45) is 36.2. The van der Waals surface area contributed by atoms with Crippen LogP contribution in [0.4, 0.5) is 0 Å². The summed E-state index contributed by atoms with van der Waals surface area (Å²) in [6.45, 7) is 7.16. The van der Waals surface area contributed by atoms with Crippen LogP contribution in [0.15, 0.2) is 0 Å². The van der Waals surface area contributed by atoms with Gasteiger partial charge in [-0.1, -0.05) is 194 Å². The molecule has 0 saturated heterocycles. The van der Waals surface area contributed by atoms with Crippen LogP contribution in [0.3, 0.4) is 0 Å². The van der Waals surface area contributed by atoms with Gasteiger partial charge in [0, 0.05) is 0 Å². The average Bonchev–Trinajstić information content (AvgIpc) is 2.97. The molecule has 2 unspecified atom stereocenters. The van der Waals surface area contributed by atoms with Crippen molar-refractivity contribution in [3.8, 4) is 0 Å². The van der Waals surface area contributed by atoms with E-state index in [-0.39, 0.29) is 37.7 Å². The Bertz CT molecular complexity index is 584. The minimum atomic E-state index is -1.66. The summed E-state index contributed by atoms with van der Waals surface area (Å²) >= 11 is 0. The Morgan fingerprint density at radius 3 is 0.711 bits per heavy atom. The van der Waals surface area contributed by atoms with Gasteiger partial charge in [0.15, 0.2) is 0 Å². The third-order valence-corrected chi connectivity index (χ3v) is 8.91. The van der Waals surface area contributed by atoms with Gasteiger partial charge in [0.05, 0.1) is 11.9 Å². The Morgan fingerprint density at radius 2 is 0.556 bits per heavy atom. The number of rotatable bonds is 32. The van der Waals surface area contributed by atoms with Crippen LogP contribution in [0, 0.1) is 0 Å². The number of carbonyl (C=O) groups is 2. The van der Waals surface area contributed by atoms with E-state index in [2.05, 4.69) is 13.8 Å². The molecular weight excluding hydrogens is 592 g/mol. The minimum absolute atomic E-state index is 0. The van der Waals surface area contributed by atoms with Crippen LogP contribution in [0.5, 0.6) is 0 Å². The molecule has 0 aliphatic carbocycles. The van der Waals surface area contributed by atoms with Gasteiger partial charge in [0.25, 0.3) is 0 Å². The number of carboxylic acid groups (broad SMARTS) is 2. The topological polar surface area (TPSA) is 121 Å². The molecule has 2 atom stereocenters. The fourth-order valence-electron chi connectivity index (χ4n) is 5.53. The maximum Gasteiger partial charge on any atom is 2.00 e. The average molecular weight is 667 g/mol. The third kappa shape index (κ3) is 36.8. The Hall–Kier alpha value is 0.120. The first-order valence-electron chi connectivity index (χ1n) is 18.9. The van der Waals surface area contributed by atoms with Crippen molar-refractivity contribution in [1.82, 2.24) is 0 Å². The Morgan fingerprint density at radius 1 is 0.400 bits per heavy atom. The standard InChI is InChI=1S/2C19H38O3.Ca/c2*1-3-4-5-6-7-8-9-10-11-12-13-14-15-16-17-19(2,22)18(20)21;/h2*22H,3-17H2,1-2H3,(H,20,21);/q;;+2/p-2. The molecule has 0 aliphatic rings. The molecule has 7 heteroatoms. The summed E-state index contributed by atoms with van der Waals surface area (Å²) in [5, 5.41) is 40.3. The van der Waals surface area contributed by atoms with E-state index in [4.69, 9.17) is 0 Å². The minimum Gasteiger partial charge on any atom is -0.547 e. The van der Waals surface area contributed by atoms with Gasteiger partial charge < -0.3 is 30.0 Å². The van der Waals surface area contributed by atoms with E-state index >= 15 is 0 Å². The molecule has 45 heavy (non-hydrogen) atoms. The second-order valence-electron chi connectivity index (χ2n) is 13.8. The Kier molecular flexibility index (Phi) is 39.0. The predicted molar refractivity (Wildman–Crippen MR) is 187 cm³/mol. The number of hydrogen-bond donors (Lipinski definition) is 2. The van der Waals surface area contributed by atoms with Crippen molar-refractivity contribution < 1.29 is 30.0 Å². The van der Waals surface area contributed by atoms with E-state index in [0.717, 1.165) is 38.5 Å². The van der Waals surface area contributed by atoms with Gasteiger partial charge in [-0.05, 0) is 26.7 Å². The molecular formula is C38H74CaO6. The van der Waals surface area contributed by atoms with Crippen LogP contribution in [-0.2, 0) is 9.59 Å². The SMILES string of the molecule is CCCCCCCCCCCCCCCCC(C)(O)C(=O)[O-].CCCCCCCCCCCCCCCCC(C)(O)C(=O)[O-].[Ca+2]. The van der Waals surface area contributed by atoms with Crippen molar-refractivity contribution in [3.05, 3.63) is 0 Å². The monoisotopic (exact) mass is 667 g/mol. The first-order chi connectivity index (χ1) is 21.0. The molecule has 0 aromatic carbocycles. The smallest absolute Gasteiger partial charge is 0.547 e. The summed E-state index contributed by atoms with van der Waals surface area (Å²) < 4.78 is 0. The fourth-order valence-corrected chi connectivity index (χ4v) is 5.53. The molecule has 0 radical (unpaired) electrons. The molecule has 0 aromatic rings. The van der Waals surface area contributed by atoms with Gasteiger partial charge in [-0.2, -0.15) is 0 Å². The third-order valence-electron chi connectivity index (χ3n) is 8.91. The molecule has 6 nitrogen and oxygen atoms in total. The van der Waals surface area contributed by atoms with Gasteiger partial charge >= 0.3 is 37.7 Å². The van der Waals surface area contributed by atoms with Crippen molar-refractivity contribution in [2.45, 2.75) is 232 Å². The molecule has 2 N–H and O–H groups in total.